The van der Waals surface area contributed by atoms with Crippen LogP contribution in [0, 0.1) is 11.3 Å². The third kappa shape index (κ3) is 2.81. The second kappa shape index (κ2) is 5.33. The zero-order valence-electron chi connectivity index (χ0n) is 11.7. The Hall–Kier alpha value is -1.14. The first-order valence-electron chi connectivity index (χ1n) is 6.74. The summed E-state index contributed by atoms with van der Waals surface area (Å²) < 4.78 is 39.4. The fourth-order valence-corrected chi connectivity index (χ4v) is 3.31. The molecule has 2 unspecified atom stereocenters. The summed E-state index contributed by atoms with van der Waals surface area (Å²) in [7, 11) is 0. The average Bonchev–Trinajstić information content (AvgIpc) is 2.70. The number of alkyl halides is 3. The van der Waals surface area contributed by atoms with Crippen molar-refractivity contribution in [1.29, 1.82) is 0 Å². The molecular formula is C14H20F3N3. The topological polar surface area (TPSA) is 50.9 Å². The van der Waals surface area contributed by atoms with Gasteiger partial charge in [0.15, 0.2) is 0 Å². The van der Waals surface area contributed by atoms with E-state index in [1.54, 1.807) is 0 Å². The van der Waals surface area contributed by atoms with Crippen LogP contribution in [0.2, 0.25) is 0 Å². The number of hydrazine groups is 1. The summed E-state index contributed by atoms with van der Waals surface area (Å²) in [6.45, 7) is 4.16. The van der Waals surface area contributed by atoms with Gasteiger partial charge in [0, 0.05) is 18.0 Å². The summed E-state index contributed by atoms with van der Waals surface area (Å²) in [5, 5.41) is 0. The molecule has 1 aromatic heterocycles. The summed E-state index contributed by atoms with van der Waals surface area (Å²) in [5.74, 6) is 5.64. The van der Waals surface area contributed by atoms with E-state index in [-0.39, 0.29) is 16.9 Å². The van der Waals surface area contributed by atoms with Gasteiger partial charge in [-0.3, -0.25) is 16.3 Å². The lowest BCUT2D eigenvalue weighted by atomic mass is 9.75. The second-order valence-electron chi connectivity index (χ2n) is 6.09. The number of hydrogen-bond acceptors (Lipinski definition) is 3. The van der Waals surface area contributed by atoms with Gasteiger partial charge in [-0.25, -0.2) is 0 Å². The molecule has 0 bridgehead atoms. The zero-order valence-corrected chi connectivity index (χ0v) is 11.7. The van der Waals surface area contributed by atoms with Crippen LogP contribution in [0.5, 0.6) is 0 Å². The van der Waals surface area contributed by atoms with Gasteiger partial charge in [0.05, 0.1) is 11.6 Å². The molecule has 0 aliphatic heterocycles. The highest BCUT2D eigenvalue weighted by atomic mass is 19.4. The highest BCUT2D eigenvalue weighted by Crippen LogP contribution is 2.49. The minimum atomic E-state index is -4.39. The van der Waals surface area contributed by atoms with E-state index in [1.165, 1.54) is 12.4 Å². The highest BCUT2D eigenvalue weighted by molar-refractivity contribution is 5.30. The quantitative estimate of drug-likeness (QED) is 0.661. The molecule has 0 saturated heterocycles. The summed E-state index contributed by atoms with van der Waals surface area (Å²) in [5.41, 5.74) is 2.04. The summed E-state index contributed by atoms with van der Waals surface area (Å²) in [6, 6.07) is 0.486. The second-order valence-corrected chi connectivity index (χ2v) is 6.09. The van der Waals surface area contributed by atoms with Crippen LogP contribution in [0.1, 0.15) is 50.3 Å². The van der Waals surface area contributed by atoms with Crippen molar-refractivity contribution in [2.45, 2.75) is 45.3 Å². The van der Waals surface area contributed by atoms with E-state index in [0.29, 0.717) is 0 Å². The van der Waals surface area contributed by atoms with Crippen molar-refractivity contribution < 1.29 is 13.2 Å². The minimum absolute atomic E-state index is 0.0320. The monoisotopic (exact) mass is 287 g/mol. The number of aromatic nitrogens is 1. The molecule has 3 N–H and O–H groups in total. The van der Waals surface area contributed by atoms with E-state index in [0.717, 1.165) is 25.3 Å². The number of rotatable bonds is 3. The first kappa shape index (κ1) is 15.3. The molecular weight excluding hydrogens is 267 g/mol. The van der Waals surface area contributed by atoms with Crippen LogP contribution >= 0.6 is 0 Å². The smallest absolute Gasteiger partial charge is 0.271 e. The lowest BCUT2D eigenvalue weighted by Crippen LogP contribution is -2.38. The van der Waals surface area contributed by atoms with E-state index in [2.05, 4.69) is 24.3 Å². The maximum absolute atomic E-state index is 13.1. The zero-order chi connectivity index (χ0) is 15.0. The molecule has 1 aromatic rings. The molecule has 2 atom stereocenters. The predicted octanol–water partition coefficient (Wildman–Crippen LogP) is 3.43. The predicted molar refractivity (Wildman–Crippen MR) is 70.4 cm³/mol. The SMILES string of the molecule is CC1(C)CCCC1C(NN)c1cnccc1C(F)(F)F. The van der Waals surface area contributed by atoms with Crippen molar-refractivity contribution in [3.8, 4) is 0 Å². The molecule has 0 aromatic carbocycles. The number of pyridine rings is 1. The Kier molecular flexibility index (Phi) is 4.07. The van der Waals surface area contributed by atoms with Gasteiger partial charge < -0.3 is 0 Å². The normalized spacial score (nSPS) is 23.8. The van der Waals surface area contributed by atoms with Crippen molar-refractivity contribution in [2.24, 2.45) is 17.2 Å². The van der Waals surface area contributed by atoms with Crippen LogP contribution in [0.25, 0.3) is 0 Å². The standard InChI is InChI=1S/C14H20F3N3/c1-13(2)6-3-4-11(13)12(20-18)9-8-19-7-5-10(9)14(15,16)17/h5,7-8,11-12,20H,3-4,6,18H2,1-2H3. The molecule has 112 valence electrons. The number of nitrogens with zero attached hydrogens (tertiary/aromatic N) is 1. The summed E-state index contributed by atoms with van der Waals surface area (Å²) in [4.78, 5) is 3.85. The van der Waals surface area contributed by atoms with Gasteiger partial charge in [-0.1, -0.05) is 20.3 Å². The number of hydrogen-bond donors (Lipinski definition) is 2. The molecule has 20 heavy (non-hydrogen) atoms. The van der Waals surface area contributed by atoms with E-state index >= 15 is 0 Å². The molecule has 0 spiro atoms. The van der Waals surface area contributed by atoms with Crippen molar-refractivity contribution in [3.63, 3.8) is 0 Å². The van der Waals surface area contributed by atoms with Gasteiger partial charge in [0.25, 0.3) is 0 Å². The Labute approximate surface area is 116 Å². The summed E-state index contributed by atoms with van der Waals surface area (Å²) >= 11 is 0. The molecule has 2 rings (SSSR count). The molecule has 0 amide bonds. The van der Waals surface area contributed by atoms with Crippen LogP contribution in [-0.4, -0.2) is 4.98 Å². The van der Waals surface area contributed by atoms with Crippen LogP contribution in [0.3, 0.4) is 0 Å². The first-order chi connectivity index (χ1) is 9.27. The van der Waals surface area contributed by atoms with Gasteiger partial charge in [-0.05, 0) is 30.2 Å². The number of nitrogens with one attached hydrogen (secondary N) is 1. The number of nitrogens with two attached hydrogens (primary N) is 1. The van der Waals surface area contributed by atoms with Gasteiger partial charge in [-0.15, -0.1) is 0 Å². The third-order valence-corrected chi connectivity index (χ3v) is 4.41. The van der Waals surface area contributed by atoms with Crippen molar-refractivity contribution >= 4 is 0 Å². The average molecular weight is 287 g/mol. The minimum Gasteiger partial charge on any atom is -0.271 e. The van der Waals surface area contributed by atoms with Crippen LogP contribution in [0.15, 0.2) is 18.5 Å². The maximum atomic E-state index is 13.1. The van der Waals surface area contributed by atoms with Crippen LogP contribution < -0.4 is 11.3 Å². The van der Waals surface area contributed by atoms with Crippen molar-refractivity contribution in [1.82, 2.24) is 10.4 Å². The fourth-order valence-electron chi connectivity index (χ4n) is 3.31. The van der Waals surface area contributed by atoms with Gasteiger partial charge in [0.2, 0.25) is 0 Å². The first-order valence-corrected chi connectivity index (χ1v) is 6.74. The molecule has 1 aliphatic rings. The van der Waals surface area contributed by atoms with Gasteiger partial charge in [0.1, 0.15) is 0 Å². The molecule has 1 aliphatic carbocycles. The third-order valence-electron chi connectivity index (χ3n) is 4.41. The fraction of sp³-hybridized carbons (Fsp3) is 0.643. The van der Waals surface area contributed by atoms with E-state index in [1.807, 2.05) is 0 Å². The lowest BCUT2D eigenvalue weighted by molar-refractivity contribution is -0.138. The summed E-state index contributed by atoms with van der Waals surface area (Å²) in [6.07, 6.45) is 0.931. The highest BCUT2D eigenvalue weighted by Gasteiger charge is 2.43. The molecule has 1 heterocycles. The largest absolute Gasteiger partial charge is 0.416 e. The molecule has 1 saturated carbocycles. The van der Waals surface area contributed by atoms with Crippen LogP contribution in [0.4, 0.5) is 13.2 Å². The Balaban J connectivity index is 2.43. The Morgan fingerprint density at radius 1 is 1.45 bits per heavy atom. The van der Waals surface area contributed by atoms with Gasteiger partial charge >= 0.3 is 6.18 Å². The lowest BCUT2D eigenvalue weighted by Gasteiger charge is -2.34. The molecule has 3 nitrogen and oxygen atoms in total. The van der Waals surface area contributed by atoms with Crippen molar-refractivity contribution in [3.05, 3.63) is 29.6 Å². The Bertz CT molecular complexity index is 471. The molecule has 6 heteroatoms. The van der Waals surface area contributed by atoms with Crippen LogP contribution in [-0.2, 0) is 6.18 Å². The van der Waals surface area contributed by atoms with Crippen molar-refractivity contribution in [2.75, 3.05) is 0 Å². The number of halogens is 3. The molecule has 0 radical (unpaired) electrons. The van der Waals surface area contributed by atoms with E-state index < -0.39 is 17.8 Å². The Morgan fingerprint density at radius 2 is 2.15 bits per heavy atom. The molecule has 1 fully saturated rings. The Morgan fingerprint density at radius 3 is 2.65 bits per heavy atom. The van der Waals surface area contributed by atoms with E-state index in [4.69, 9.17) is 5.84 Å². The van der Waals surface area contributed by atoms with E-state index in [9.17, 15) is 13.2 Å². The maximum Gasteiger partial charge on any atom is 0.416 e. The van der Waals surface area contributed by atoms with Gasteiger partial charge in [-0.2, -0.15) is 13.2 Å².